The molecule has 2 rings (SSSR count). The first-order chi connectivity index (χ1) is 13.1. The minimum absolute atomic E-state index is 0.0192. The van der Waals surface area contributed by atoms with E-state index in [1.54, 1.807) is 30.6 Å². The Balaban J connectivity index is 1.80. The predicted molar refractivity (Wildman–Crippen MR) is 107 cm³/mol. The van der Waals surface area contributed by atoms with Crippen molar-refractivity contribution in [3.8, 4) is 0 Å². The van der Waals surface area contributed by atoms with E-state index in [-0.39, 0.29) is 18.4 Å². The number of rotatable bonds is 4. The Bertz CT molecular complexity index is 699. The number of carbonyl (C=O) groups is 3. The minimum atomic E-state index is -0.612. The molecule has 28 heavy (non-hydrogen) atoms. The van der Waals surface area contributed by atoms with Gasteiger partial charge in [-0.25, -0.2) is 4.79 Å². The average Bonchev–Trinajstić information content (AvgIpc) is 2.64. The second kappa shape index (κ2) is 9.08. The first-order valence-corrected chi connectivity index (χ1v) is 9.70. The smallest absolute Gasteiger partial charge is 0.408 e. The van der Waals surface area contributed by atoms with Gasteiger partial charge in [-0.2, -0.15) is 0 Å². The van der Waals surface area contributed by atoms with Gasteiger partial charge in [-0.1, -0.05) is 26.0 Å². The molecule has 1 aromatic carbocycles. The van der Waals surface area contributed by atoms with Crippen LogP contribution in [0.5, 0.6) is 0 Å². The van der Waals surface area contributed by atoms with Crippen LogP contribution in [-0.2, 0) is 9.53 Å². The van der Waals surface area contributed by atoms with E-state index in [4.69, 9.17) is 4.74 Å². The molecular weight excluding hydrogens is 358 g/mol. The summed E-state index contributed by atoms with van der Waals surface area (Å²) in [5.74, 6) is 0.224. The van der Waals surface area contributed by atoms with Crippen LogP contribution in [-0.4, -0.2) is 66.0 Å². The molecule has 1 aliphatic rings. The van der Waals surface area contributed by atoms with E-state index in [1.165, 1.54) is 5.56 Å². The maximum atomic E-state index is 12.7. The SMILES string of the molecule is CC(C)c1ccc(C(=O)N2CCN(C(=O)CNC(=O)OC(C)(C)C)CC2)cc1. The highest BCUT2D eigenvalue weighted by Crippen LogP contribution is 2.16. The second-order valence-electron chi connectivity index (χ2n) is 8.31. The Labute approximate surface area is 167 Å². The number of alkyl carbamates (subject to hydrolysis) is 1. The minimum Gasteiger partial charge on any atom is -0.444 e. The zero-order valence-electron chi connectivity index (χ0n) is 17.4. The fourth-order valence-corrected chi connectivity index (χ4v) is 2.93. The molecule has 0 saturated carbocycles. The van der Waals surface area contributed by atoms with Crippen LogP contribution in [0.1, 0.15) is 56.5 Å². The average molecular weight is 389 g/mol. The van der Waals surface area contributed by atoms with Crippen molar-refractivity contribution >= 4 is 17.9 Å². The lowest BCUT2D eigenvalue weighted by atomic mass is 10.0. The number of hydrogen-bond acceptors (Lipinski definition) is 4. The van der Waals surface area contributed by atoms with Crippen molar-refractivity contribution in [2.45, 2.75) is 46.1 Å². The molecule has 1 saturated heterocycles. The molecule has 0 bridgehead atoms. The van der Waals surface area contributed by atoms with Gasteiger partial charge in [-0.3, -0.25) is 9.59 Å². The van der Waals surface area contributed by atoms with Gasteiger partial charge in [0.2, 0.25) is 5.91 Å². The van der Waals surface area contributed by atoms with Crippen LogP contribution in [0.4, 0.5) is 4.79 Å². The van der Waals surface area contributed by atoms with Gasteiger partial charge in [0.15, 0.2) is 0 Å². The van der Waals surface area contributed by atoms with Crippen LogP contribution in [0.25, 0.3) is 0 Å². The van der Waals surface area contributed by atoms with Gasteiger partial charge in [-0.15, -0.1) is 0 Å². The van der Waals surface area contributed by atoms with Crippen molar-refractivity contribution in [1.29, 1.82) is 0 Å². The summed E-state index contributed by atoms with van der Waals surface area (Å²) in [7, 11) is 0. The summed E-state index contributed by atoms with van der Waals surface area (Å²) in [6.07, 6.45) is -0.612. The molecule has 0 spiro atoms. The van der Waals surface area contributed by atoms with Crippen molar-refractivity contribution < 1.29 is 19.1 Å². The Morgan fingerprint density at radius 2 is 1.54 bits per heavy atom. The lowest BCUT2D eigenvalue weighted by Crippen LogP contribution is -2.52. The quantitative estimate of drug-likeness (QED) is 0.859. The van der Waals surface area contributed by atoms with Gasteiger partial charge < -0.3 is 19.9 Å². The molecule has 1 aliphatic heterocycles. The molecule has 154 valence electrons. The van der Waals surface area contributed by atoms with Crippen LogP contribution in [0, 0.1) is 0 Å². The molecule has 0 aromatic heterocycles. The number of benzene rings is 1. The summed E-state index contributed by atoms with van der Waals surface area (Å²) >= 11 is 0. The van der Waals surface area contributed by atoms with Crippen LogP contribution >= 0.6 is 0 Å². The van der Waals surface area contributed by atoms with Gasteiger partial charge in [0.1, 0.15) is 12.1 Å². The van der Waals surface area contributed by atoms with Crippen molar-refractivity contribution in [3.05, 3.63) is 35.4 Å². The van der Waals surface area contributed by atoms with Crippen molar-refractivity contribution in [2.75, 3.05) is 32.7 Å². The second-order valence-corrected chi connectivity index (χ2v) is 8.31. The van der Waals surface area contributed by atoms with E-state index in [1.807, 2.05) is 24.3 Å². The highest BCUT2D eigenvalue weighted by atomic mass is 16.6. The van der Waals surface area contributed by atoms with Crippen LogP contribution in [0.15, 0.2) is 24.3 Å². The first-order valence-electron chi connectivity index (χ1n) is 9.70. The number of amides is 3. The van der Waals surface area contributed by atoms with Crippen LogP contribution in [0.2, 0.25) is 0 Å². The fraction of sp³-hybridized carbons (Fsp3) is 0.571. The molecule has 0 aliphatic carbocycles. The van der Waals surface area contributed by atoms with E-state index in [0.29, 0.717) is 37.7 Å². The molecule has 3 amide bonds. The fourth-order valence-electron chi connectivity index (χ4n) is 2.93. The maximum absolute atomic E-state index is 12.7. The molecule has 0 atom stereocenters. The van der Waals surface area contributed by atoms with Crippen LogP contribution in [0.3, 0.4) is 0 Å². The van der Waals surface area contributed by atoms with Gasteiger partial charge >= 0.3 is 6.09 Å². The maximum Gasteiger partial charge on any atom is 0.408 e. The molecule has 7 nitrogen and oxygen atoms in total. The molecule has 1 heterocycles. The highest BCUT2D eigenvalue weighted by molar-refractivity contribution is 5.94. The summed E-state index contributed by atoms with van der Waals surface area (Å²) in [6, 6.07) is 7.69. The Morgan fingerprint density at radius 1 is 1.00 bits per heavy atom. The summed E-state index contributed by atoms with van der Waals surface area (Å²) in [4.78, 5) is 40.0. The summed E-state index contributed by atoms with van der Waals surface area (Å²) in [5, 5.41) is 2.48. The molecule has 1 aromatic rings. The number of carbonyl (C=O) groups excluding carboxylic acids is 3. The molecule has 0 radical (unpaired) electrons. The van der Waals surface area contributed by atoms with E-state index in [2.05, 4.69) is 19.2 Å². The van der Waals surface area contributed by atoms with Crippen molar-refractivity contribution in [3.63, 3.8) is 0 Å². The molecular formula is C21H31N3O4. The normalized spacial score (nSPS) is 14.8. The van der Waals surface area contributed by atoms with Gasteiger partial charge in [0, 0.05) is 31.7 Å². The number of piperazine rings is 1. The summed E-state index contributed by atoms with van der Waals surface area (Å²) in [6.45, 7) is 11.3. The topological polar surface area (TPSA) is 79.0 Å². The first kappa shape index (κ1) is 21.7. The molecule has 0 unspecified atom stereocenters. The highest BCUT2D eigenvalue weighted by Gasteiger charge is 2.25. The number of nitrogens with zero attached hydrogens (tertiary/aromatic N) is 2. The Kier molecular flexibility index (Phi) is 7.05. The van der Waals surface area contributed by atoms with E-state index < -0.39 is 11.7 Å². The monoisotopic (exact) mass is 389 g/mol. The molecule has 7 heteroatoms. The third-order valence-electron chi connectivity index (χ3n) is 4.53. The van der Waals surface area contributed by atoms with Gasteiger partial charge in [0.25, 0.3) is 5.91 Å². The van der Waals surface area contributed by atoms with Crippen molar-refractivity contribution in [1.82, 2.24) is 15.1 Å². The van der Waals surface area contributed by atoms with Crippen LogP contribution < -0.4 is 5.32 Å². The molecule has 1 N–H and O–H groups in total. The zero-order chi connectivity index (χ0) is 20.9. The number of hydrogen-bond donors (Lipinski definition) is 1. The lowest BCUT2D eigenvalue weighted by Gasteiger charge is -2.35. The Hall–Kier alpha value is -2.57. The number of nitrogens with one attached hydrogen (secondary N) is 1. The summed E-state index contributed by atoms with van der Waals surface area (Å²) < 4.78 is 5.12. The number of ether oxygens (including phenoxy) is 1. The van der Waals surface area contributed by atoms with Crippen molar-refractivity contribution in [2.24, 2.45) is 0 Å². The largest absolute Gasteiger partial charge is 0.444 e. The third-order valence-corrected chi connectivity index (χ3v) is 4.53. The standard InChI is InChI=1S/C21H31N3O4/c1-15(2)16-6-8-17(9-7-16)19(26)24-12-10-23(11-13-24)18(25)14-22-20(27)28-21(3,4)5/h6-9,15H,10-14H2,1-5H3,(H,22,27). The summed E-state index contributed by atoms with van der Waals surface area (Å²) in [5.41, 5.74) is 1.26. The van der Waals surface area contributed by atoms with Gasteiger partial charge in [-0.05, 0) is 44.4 Å². The Morgan fingerprint density at radius 3 is 2.04 bits per heavy atom. The zero-order valence-corrected chi connectivity index (χ0v) is 17.4. The molecule has 1 fully saturated rings. The van der Waals surface area contributed by atoms with E-state index in [0.717, 1.165) is 0 Å². The third kappa shape index (κ3) is 6.25. The predicted octanol–water partition coefficient (Wildman–Crippen LogP) is 2.62. The van der Waals surface area contributed by atoms with E-state index >= 15 is 0 Å². The van der Waals surface area contributed by atoms with E-state index in [9.17, 15) is 14.4 Å². The lowest BCUT2D eigenvalue weighted by molar-refractivity contribution is -0.131. The van der Waals surface area contributed by atoms with Gasteiger partial charge in [0.05, 0.1) is 0 Å².